The van der Waals surface area contributed by atoms with Crippen LogP contribution in [0.5, 0.6) is 0 Å². The van der Waals surface area contributed by atoms with Crippen molar-refractivity contribution in [1.82, 2.24) is 24.6 Å². The number of nitrogens with one attached hydrogen (secondary N) is 1. The number of nitrogens with zero attached hydrogens (tertiary/aromatic N) is 6. The average molecular weight is 406 g/mol. The molecule has 0 spiro atoms. The molecule has 0 atom stereocenters. The maximum absolute atomic E-state index is 12.7. The van der Waals surface area contributed by atoms with Gasteiger partial charge < -0.3 is 15.1 Å². The van der Waals surface area contributed by atoms with Crippen molar-refractivity contribution < 1.29 is 4.79 Å². The van der Waals surface area contributed by atoms with Crippen LogP contribution in [0.25, 0.3) is 5.82 Å². The molecule has 0 bridgehead atoms. The smallest absolute Gasteiger partial charge is 0.321 e. The molecular formula is C22H27N7O. The highest BCUT2D eigenvalue weighted by Gasteiger charge is 2.23. The lowest BCUT2D eigenvalue weighted by molar-refractivity contribution is 0.208. The average Bonchev–Trinajstić information content (AvgIpc) is 3.08. The van der Waals surface area contributed by atoms with Crippen LogP contribution in [0.2, 0.25) is 0 Å². The van der Waals surface area contributed by atoms with Crippen molar-refractivity contribution in [2.24, 2.45) is 0 Å². The highest BCUT2D eigenvalue weighted by molar-refractivity contribution is 5.90. The van der Waals surface area contributed by atoms with Crippen LogP contribution in [0, 0.1) is 27.7 Å². The Bertz CT molecular complexity index is 1070. The summed E-state index contributed by atoms with van der Waals surface area (Å²) in [5.74, 6) is 1.60. The minimum absolute atomic E-state index is 0.0624. The van der Waals surface area contributed by atoms with Crippen LogP contribution in [0.15, 0.2) is 36.7 Å². The number of urea groups is 1. The second-order valence-electron chi connectivity index (χ2n) is 7.80. The van der Waals surface area contributed by atoms with Gasteiger partial charge in [0.15, 0.2) is 5.82 Å². The van der Waals surface area contributed by atoms with E-state index in [4.69, 9.17) is 0 Å². The molecule has 1 saturated heterocycles. The first kappa shape index (κ1) is 19.9. The Hall–Kier alpha value is -3.42. The van der Waals surface area contributed by atoms with Crippen molar-refractivity contribution in [3.05, 3.63) is 59.2 Å². The lowest BCUT2D eigenvalue weighted by Gasteiger charge is -2.35. The monoisotopic (exact) mass is 405 g/mol. The Morgan fingerprint density at radius 3 is 2.33 bits per heavy atom. The Morgan fingerprint density at radius 1 is 0.933 bits per heavy atom. The Labute approximate surface area is 176 Å². The molecule has 1 fully saturated rings. The number of rotatable bonds is 3. The van der Waals surface area contributed by atoms with E-state index < -0.39 is 0 Å². The maximum atomic E-state index is 12.7. The zero-order chi connectivity index (χ0) is 21.3. The number of benzene rings is 1. The fourth-order valence-electron chi connectivity index (χ4n) is 3.77. The number of piperazine rings is 1. The van der Waals surface area contributed by atoms with Gasteiger partial charge in [-0.25, -0.2) is 19.4 Å². The topological polar surface area (TPSA) is 79.2 Å². The van der Waals surface area contributed by atoms with E-state index >= 15 is 0 Å². The lowest BCUT2D eigenvalue weighted by Crippen LogP contribution is -2.50. The minimum atomic E-state index is -0.0624. The van der Waals surface area contributed by atoms with E-state index in [1.165, 1.54) is 5.56 Å². The van der Waals surface area contributed by atoms with E-state index in [0.717, 1.165) is 34.3 Å². The van der Waals surface area contributed by atoms with E-state index in [1.807, 2.05) is 61.5 Å². The largest absolute Gasteiger partial charge is 0.353 e. The molecule has 1 aliphatic rings. The quantitative estimate of drug-likeness (QED) is 0.724. The van der Waals surface area contributed by atoms with Crippen LogP contribution in [0.4, 0.5) is 16.3 Å². The van der Waals surface area contributed by atoms with Crippen molar-refractivity contribution in [3.63, 3.8) is 0 Å². The molecule has 0 unspecified atom stereocenters. The summed E-state index contributed by atoms with van der Waals surface area (Å²) in [6.07, 6.45) is 1.57. The summed E-state index contributed by atoms with van der Waals surface area (Å²) >= 11 is 0. The first-order valence-electron chi connectivity index (χ1n) is 10.1. The first-order valence-corrected chi connectivity index (χ1v) is 10.1. The van der Waals surface area contributed by atoms with Crippen molar-refractivity contribution in [2.75, 3.05) is 36.4 Å². The lowest BCUT2D eigenvalue weighted by atomic mass is 10.1. The van der Waals surface area contributed by atoms with Gasteiger partial charge in [0.2, 0.25) is 0 Å². The van der Waals surface area contributed by atoms with Crippen molar-refractivity contribution in [2.45, 2.75) is 27.7 Å². The molecule has 0 radical (unpaired) electrons. The van der Waals surface area contributed by atoms with Gasteiger partial charge in [0.25, 0.3) is 0 Å². The first-order chi connectivity index (χ1) is 14.4. The second kappa shape index (κ2) is 8.14. The summed E-state index contributed by atoms with van der Waals surface area (Å²) in [4.78, 5) is 25.5. The molecular weight excluding hydrogens is 378 g/mol. The number of amides is 2. The zero-order valence-corrected chi connectivity index (χ0v) is 17.9. The number of carbonyl (C=O) groups excluding carboxylic acids is 1. The minimum Gasteiger partial charge on any atom is -0.353 e. The number of hydrogen-bond acceptors (Lipinski definition) is 5. The van der Waals surface area contributed by atoms with E-state index in [0.29, 0.717) is 26.2 Å². The van der Waals surface area contributed by atoms with Crippen LogP contribution in [0.1, 0.15) is 22.5 Å². The van der Waals surface area contributed by atoms with E-state index in [2.05, 4.69) is 31.3 Å². The molecule has 8 nitrogen and oxygen atoms in total. The Morgan fingerprint density at radius 2 is 1.67 bits per heavy atom. The van der Waals surface area contributed by atoms with Crippen molar-refractivity contribution >= 4 is 17.5 Å². The van der Waals surface area contributed by atoms with Gasteiger partial charge in [-0.3, -0.25) is 0 Å². The van der Waals surface area contributed by atoms with Crippen molar-refractivity contribution in [3.8, 4) is 5.82 Å². The predicted octanol–water partition coefficient (Wildman–Crippen LogP) is 3.25. The molecule has 3 aromatic rings. The van der Waals surface area contributed by atoms with Gasteiger partial charge in [0, 0.05) is 43.6 Å². The van der Waals surface area contributed by atoms with Crippen LogP contribution in [-0.2, 0) is 0 Å². The third-order valence-corrected chi connectivity index (χ3v) is 5.38. The standard InChI is InChI=1S/C22H27N7O/c1-15-5-6-19(16(2)11-15)25-22(30)28-9-7-27(8-10-28)20-13-21(24-14-23-20)29-18(4)12-17(3)26-29/h5-6,11-14H,7-10H2,1-4H3,(H,25,30). The molecule has 8 heteroatoms. The van der Waals surface area contributed by atoms with Crippen LogP contribution >= 0.6 is 0 Å². The Kier molecular flexibility index (Phi) is 5.39. The normalized spacial score (nSPS) is 14.1. The number of carbonyl (C=O) groups is 1. The molecule has 0 saturated carbocycles. The van der Waals surface area contributed by atoms with Crippen LogP contribution in [0.3, 0.4) is 0 Å². The molecule has 30 heavy (non-hydrogen) atoms. The van der Waals surface area contributed by atoms with Crippen LogP contribution < -0.4 is 10.2 Å². The summed E-state index contributed by atoms with van der Waals surface area (Å²) in [5.41, 5.74) is 5.10. The number of aromatic nitrogens is 4. The molecule has 2 aromatic heterocycles. The SMILES string of the molecule is Cc1ccc(NC(=O)N2CCN(c3cc(-n4nc(C)cc4C)ncn3)CC2)c(C)c1. The molecule has 2 amide bonds. The maximum Gasteiger partial charge on any atom is 0.321 e. The number of anilines is 2. The van der Waals surface area contributed by atoms with Crippen molar-refractivity contribution in [1.29, 1.82) is 0 Å². The van der Waals surface area contributed by atoms with Crippen LogP contribution in [-0.4, -0.2) is 56.9 Å². The fraction of sp³-hybridized carbons (Fsp3) is 0.364. The van der Waals surface area contributed by atoms with E-state index in [9.17, 15) is 4.79 Å². The van der Waals surface area contributed by atoms with Gasteiger partial charge in [-0.15, -0.1) is 0 Å². The van der Waals surface area contributed by atoms with Gasteiger partial charge in [-0.2, -0.15) is 5.10 Å². The molecule has 1 aliphatic heterocycles. The Balaban J connectivity index is 1.40. The summed E-state index contributed by atoms with van der Waals surface area (Å²) in [5, 5.41) is 7.53. The van der Waals surface area contributed by atoms with Gasteiger partial charge in [0.05, 0.1) is 5.69 Å². The summed E-state index contributed by atoms with van der Waals surface area (Å²) in [6, 6.07) is 9.95. The summed E-state index contributed by atoms with van der Waals surface area (Å²) in [7, 11) is 0. The van der Waals surface area contributed by atoms with Gasteiger partial charge in [0.1, 0.15) is 12.1 Å². The molecule has 1 N–H and O–H groups in total. The van der Waals surface area contributed by atoms with Gasteiger partial charge in [-0.05, 0) is 45.4 Å². The number of aryl methyl sites for hydroxylation is 4. The zero-order valence-electron chi connectivity index (χ0n) is 17.9. The number of hydrogen-bond donors (Lipinski definition) is 1. The van der Waals surface area contributed by atoms with Gasteiger partial charge in [-0.1, -0.05) is 17.7 Å². The van der Waals surface area contributed by atoms with Gasteiger partial charge >= 0.3 is 6.03 Å². The molecule has 1 aromatic carbocycles. The third kappa shape index (κ3) is 4.12. The molecule has 0 aliphatic carbocycles. The fourth-order valence-corrected chi connectivity index (χ4v) is 3.77. The highest BCUT2D eigenvalue weighted by atomic mass is 16.2. The third-order valence-electron chi connectivity index (χ3n) is 5.38. The van der Waals surface area contributed by atoms with E-state index in [-0.39, 0.29) is 6.03 Å². The highest BCUT2D eigenvalue weighted by Crippen LogP contribution is 2.19. The molecule has 156 valence electrons. The molecule has 3 heterocycles. The summed E-state index contributed by atoms with van der Waals surface area (Å²) in [6.45, 7) is 10.7. The second-order valence-corrected chi connectivity index (χ2v) is 7.80. The van der Waals surface area contributed by atoms with E-state index in [1.54, 1.807) is 6.33 Å². The molecule has 4 rings (SSSR count). The predicted molar refractivity (Wildman–Crippen MR) is 117 cm³/mol. The summed E-state index contributed by atoms with van der Waals surface area (Å²) < 4.78 is 1.83.